The van der Waals surface area contributed by atoms with Crippen LogP contribution in [-0.2, 0) is 6.54 Å². The van der Waals surface area contributed by atoms with Crippen molar-refractivity contribution >= 4 is 5.91 Å². The van der Waals surface area contributed by atoms with E-state index in [2.05, 4.69) is 20.0 Å². The lowest BCUT2D eigenvalue weighted by Crippen LogP contribution is -2.24. The minimum absolute atomic E-state index is 0.0503. The SMILES string of the molecule is O=C(NCc1ncc[nH]1)c1ccccc1OC(F)F. The highest BCUT2D eigenvalue weighted by atomic mass is 19.3. The Kier molecular flexibility index (Phi) is 4.07. The van der Waals surface area contributed by atoms with Crippen LogP contribution in [0.4, 0.5) is 8.78 Å². The fourth-order valence-electron chi connectivity index (χ4n) is 1.51. The van der Waals surface area contributed by atoms with Gasteiger partial charge in [0.1, 0.15) is 11.6 Å². The van der Waals surface area contributed by atoms with Crippen molar-refractivity contribution in [3.63, 3.8) is 0 Å². The van der Waals surface area contributed by atoms with Crippen molar-refractivity contribution in [2.45, 2.75) is 13.2 Å². The standard InChI is InChI=1S/C12H11F2N3O2/c13-12(14)19-9-4-2-1-3-8(9)11(18)17-7-10-15-5-6-16-10/h1-6,12H,7H2,(H,15,16)(H,17,18). The number of rotatable bonds is 5. The van der Waals surface area contributed by atoms with Crippen LogP contribution in [0.2, 0.25) is 0 Å². The third-order valence-corrected chi connectivity index (χ3v) is 2.32. The number of ether oxygens (including phenoxy) is 1. The minimum atomic E-state index is -2.97. The van der Waals surface area contributed by atoms with Crippen molar-refractivity contribution < 1.29 is 18.3 Å². The van der Waals surface area contributed by atoms with Gasteiger partial charge in [-0.1, -0.05) is 12.1 Å². The van der Waals surface area contributed by atoms with Crippen LogP contribution in [0.1, 0.15) is 16.2 Å². The Hall–Kier alpha value is -2.44. The number of nitrogens with one attached hydrogen (secondary N) is 2. The molecular weight excluding hydrogens is 256 g/mol. The number of amides is 1. The molecule has 0 atom stereocenters. The molecule has 0 aliphatic rings. The van der Waals surface area contributed by atoms with E-state index in [1.807, 2.05) is 0 Å². The van der Waals surface area contributed by atoms with Crippen LogP contribution in [-0.4, -0.2) is 22.5 Å². The summed E-state index contributed by atoms with van der Waals surface area (Å²) < 4.78 is 28.7. The zero-order valence-electron chi connectivity index (χ0n) is 9.77. The number of para-hydroxylation sites is 1. The number of nitrogens with zero attached hydrogens (tertiary/aromatic N) is 1. The van der Waals surface area contributed by atoms with Gasteiger partial charge in [0.25, 0.3) is 5.91 Å². The maximum Gasteiger partial charge on any atom is 0.387 e. The maximum atomic E-state index is 12.2. The second kappa shape index (κ2) is 5.94. The molecule has 5 nitrogen and oxygen atoms in total. The van der Waals surface area contributed by atoms with Crippen LogP contribution in [0.3, 0.4) is 0 Å². The van der Waals surface area contributed by atoms with Gasteiger partial charge in [0, 0.05) is 12.4 Å². The Balaban J connectivity index is 2.06. The number of H-pyrrole nitrogens is 1. The number of hydrogen-bond acceptors (Lipinski definition) is 3. The number of carbonyl (C=O) groups excluding carboxylic acids is 1. The van der Waals surface area contributed by atoms with E-state index in [1.165, 1.54) is 18.2 Å². The molecule has 19 heavy (non-hydrogen) atoms. The molecule has 0 aliphatic heterocycles. The highest BCUT2D eigenvalue weighted by Crippen LogP contribution is 2.20. The van der Waals surface area contributed by atoms with Gasteiger partial charge in [-0.25, -0.2) is 4.98 Å². The lowest BCUT2D eigenvalue weighted by molar-refractivity contribution is -0.0501. The van der Waals surface area contributed by atoms with E-state index in [0.717, 1.165) is 0 Å². The third-order valence-electron chi connectivity index (χ3n) is 2.32. The number of carbonyl (C=O) groups is 1. The highest BCUT2D eigenvalue weighted by Gasteiger charge is 2.15. The first-order chi connectivity index (χ1) is 9.16. The molecule has 1 aromatic carbocycles. The molecule has 2 aromatic rings. The van der Waals surface area contributed by atoms with Crippen molar-refractivity contribution in [1.82, 2.24) is 15.3 Å². The molecule has 0 radical (unpaired) electrons. The summed E-state index contributed by atoms with van der Waals surface area (Å²) in [6, 6.07) is 5.81. The average molecular weight is 267 g/mol. The van der Waals surface area contributed by atoms with E-state index in [-0.39, 0.29) is 17.9 Å². The largest absolute Gasteiger partial charge is 0.434 e. The summed E-state index contributed by atoms with van der Waals surface area (Å²) >= 11 is 0. The summed E-state index contributed by atoms with van der Waals surface area (Å²) in [6.45, 7) is -2.80. The zero-order valence-corrected chi connectivity index (χ0v) is 9.77. The summed E-state index contributed by atoms with van der Waals surface area (Å²) in [4.78, 5) is 18.6. The van der Waals surface area contributed by atoms with Gasteiger partial charge in [0.05, 0.1) is 12.1 Å². The van der Waals surface area contributed by atoms with Crippen molar-refractivity contribution in [2.75, 3.05) is 0 Å². The first-order valence-electron chi connectivity index (χ1n) is 5.47. The molecule has 2 N–H and O–H groups in total. The second-order valence-electron chi connectivity index (χ2n) is 3.59. The van der Waals surface area contributed by atoms with E-state index < -0.39 is 12.5 Å². The minimum Gasteiger partial charge on any atom is -0.434 e. The number of aromatic amines is 1. The quantitative estimate of drug-likeness (QED) is 0.870. The first kappa shape index (κ1) is 13.0. The molecule has 0 fully saturated rings. The van der Waals surface area contributed by atoms with E-state index in [1.54, 1.807) is 18.5 Å². The van der Waals surface area contributed by atoms with Gasteiger partial charge in [-0.2, -0.15) is 8.78 Å². The number of imidazole rings is 1. The summed E-state index contributed by atoms with van der Waals surface area (Å²) in [5.74, 6) is -0.0947. The van der Waals surface area contributed by atoms with Crippen LogP contribution in [0, 0.1) is 0 Å². The summed E-state index contributed by atoms with van der Waals surface area (Å²) in [6.07, 6.45) is 3.17. The number of halogens is 2. The normalized spacial score (nSPS) is 10.5. The van der Waals surface area contributed by atoms with Crippen LogP contribution < -0.4 is 10.1 Å². The topological polar surface area (TPSA) is 67.0 Å². The molecule has 0 aliphatic carbocycles. The Bertz CT molecular complexity index is 544. The number of hydrogen-bond donors (Lipinski definition) is 2. The van der Waals surface area contributed by atoms with E-state index in [9.17, 15) is 13.6 Å². The maximum absolute atomic E-state index is 12.2. The number of benzene rings is 1. The van der Waals surface area contributed by atoms with Crippen molar-refractivity contribution in [1.29, 1.82) is 0 Å². The molecule has 2 rings (SSSR count). The Morgan fingerprint density at radius 2 is 2.21 bits per heavy atom. The molecule has 1 amide bonds. The van der Waals surface area contributed by atoms with Crippen LogP contribution in [0.15, 0.2) is 36.7 Å². The van der Waals surface area contributed by atoms with Crippen LogP contribution in [0.5, 0.6) is 5.75 Å². The fourth-order valence-corrected chi connectivity index (χ4v) is 1.51. The Labute approximate surface area is 107 Å². The molecule has 0 bridgehead atoms. The highest BCUT2D eigenvalue weighted by molar-refractivity contribution is 5.96. The molecule has 7 heteroatoms. The number of aromatic nitrogens is 2. The van der Waals surface area contributed by atoms with Crippen LogP contribution >= 0.6 is 0 Å². The first-order valence-corrected chi connectivity index (χ1v) is 5.47. The molecule has 0 spiro atoms. The van der Waals surface area contributed by atoms with Crippen molar-refractivity contribution in [3.05, 3.63) is 48.0 Å². The molecule has 1 heterocycles. The second-order valence-corrected chi connectivity index (χ2v) is 3.59. The fraction of sp³-hybridized carbons (Fsp3) is 0.167. The zero-order chi connectivity index (χ0) is 13.7. The van der Waals surface area contributed by atoms with E-state index in [0.29, 0.717) is 5.82 Å². The predicted molar refractivity (Wildman–Crippen MR) is 62.8 cm³/mol. The molecule has 0 saturated heterocycles. The number of alkyl halides is 2. The monoisotopic (exact) mass is 267 g/mol. The van der Waals surface area contributed by atoms with Crippen molar-refractivity contribution in [2.24, 2.45) is 0 Å². The summed E-state index contributed by atoms with van der Waals surface area (Å²) in [7, 11) is 0. The lowest BCUT2D eigenvalue weighted by Gasteiger charge is -2.10. The Morgan fingerprint density at radius 3 is 2.89 bits per heavy atom. The smallest absolute Gasteiger partial charge is 0.387 e. The summed E-state index contributed by atoms with van der Waals surface area (Å²) in [5, 5.41) is 2.56. The van der Waals surface area contributed by atoms with Crippen molar-refractivity contribution in [3.8, 4) is 5.75 Å². The van der Waals surface area contributed by atoms with Gasteiger partial charge in [0.15, 0.2) is 0 Å². The van der Waals surface area contributed by atoms with Crippen LogP contribution in [0.25, 0.3) is 0 Å². The molecule has 0 saturated carbocycles. The predicted octanol–water partition coefficient (Wildman–Crippen LogP) is 1.94. The molecular formula is C12H11F2N3O2. The van der Waals surface area contributed by atoms with E-state index >= 15 is 0 Å². The van der Waals surface area contributed by atoms with Gasteiger partial charge in [-0.15, -0.1) is 0 Å². The molecule has 0 unspecified atom stereocenters. The Morgan fingerprint density at radius 1 is 1.42 bits per heavy atom. The van der Waals surface area contributed by atoms with Gasteiger partial charge in [-0.3, -0.25) is 4.79 Å². The molecule has 1 aromatic heterocycles. The third kappa shape index (κ3) is 3.51. The van der Waals surface area contributed by atoms with Gasteiger partial charge < -0.3 is 15.0 Å². The van der Waals surface area contributed by atoms with Gasteiger partial charge in [-0.05, 0) is 12.1 Å². The average Bonchev–Trinajstić information content (AvgIpc) is 2.89. The molecule has 100 valence electrons. The van der Waals surface area contributed by atoms with Gasteiger partial charge >= 0.3 is 6.61 Å². The van der Waals surface area contributed by atoms with E-state index in [4.69, 9.17) is 0 Å². The van der Waals surface area contributed by atoms with Gasteiger partial charge in [0.2, 0.25) is 0 Å². The lowest BCUT2D eigenvalue weighted by atomic mass is 10.2. The summed E-state index contributed by atoms with van der Waals surface area (Å²) in [5.41, 5.74) is 0.0503.